The molecule has 1 aliphatic rings. The number of benzene rings is 1. The van der Waals surface area contributed by atoms with Gasteiger partial charge in [-0.2, -0.15) is 0 Å². The molecule has 1 fully saturated rings. The van der Waals surface area contributed by atoms with Crippen LogP contribution in [0.25, 0.3) is 0 Å². The lowest BCUT2D eigenvalue weighted by molar-refractivity contribution is 0.0900. The predicted octanol–water partition coefficient (Wildman–Crippen LogP) is 2.72. The predicted molar refractivity (Wildman–Crippen MR) is 123 cm³/mol. The molecule has 2 rings (SSSR count). The molecule has 0 bridgehead atoms. The molecule has 1 aromatic carbocycles. The van der Waals surface area contributed by atoms with Gasteiger partial charge in [-0.1, -0.05) is 26.0 Å². The molecule has 1 atom stereocenters. The van der Waals surface area contributed by atoms with Crippen LogP contribution in [0.5, 0.6) is 5.75 Å². The third kappa shape index (κ3) is 7.52. The Kier molecular flexibility index (Phi) is 9.74. The SMILES string of the molecule is CCNC(=NCc1ccc(C)cc1OCC)NCC(C(C)C)N1CCN(C)CC1. The number of hydrogen-bond donors (Lipinski definition) is 2. The number of aryl methyl sites for hydroxylation is 1. The van der Waals surface area contributed by atoms with E-state index in [1.807, 2.05) is 6.92 Å². The Morgan fingerprint density at radius 2 is 1.86 bits per heavy atom. The van der Waals surface area contributed by atoms with Gasteiger partial charge < -0.3 is 20.3 Å². The fraction of sp³-hybridized carbons (Fsp3) is 0.696. The van der Waals surface area contributed by atoms with E-state index in [-0.39, 0.29) is 0 Å². The van der Waals surface area contributed by atoms with Crippen LogP contribution in [0, 0.1) is 12.8 Å². The molecule has 6 nitrogen and oxygen atoms in total. The molecule has 0 amide bonds. The van der Waals surface area contributed by atoms with Crippen LogP contribution < -0.4 is 15.4 Å². The maximum absolute atomic E-state index is 5.81. The number of nitrogens with zero attached hydrogens (tertiary/aromatic N) is 3. The normalized spacial score (nSPS) is 17.4. The van der Waals surface area contributed by atoms with Crippen LogP contribution in [-0.2, 0) is 6.54 Å². The van der Waals surface area contributed by atoms with Gasteiger partial charge in [-0.3, -0.25) is 4.90 Å². The minimum atomic E-state index is 0.505. The van der Waals surface area contributed by atoms with Gasteiger partial charge in [0.05, 0.1) is 13.2 Å². The Hall–Kier alpha value is -1.79. The first kappa shape index (κ1) is 23.5. The molecule has 164 valence electrons. The lowest BCUT2D eigenvalue weighted by Crippen LogP contribution is -2.55. The Balaban J connectivity index is 2.02. The third-order valence-corrected chi connectivity index (χ3v) is 5.53. The summed E-state index contributed by atoms with van der Waals surface area (Å²) in [6, 6.07) is 6.84. The summed E-state index contributed by atoms with van der Waals surface area (Å²) in [5.41, 5.74) is 2.33. The van der Waals surface area contributed by atoms with E-state index >= 15 is 0 Å². The number of likely N-dealkylation sites (N-methyl/N-ethyl adjacent to an activating group) is 1. The average Bonchev–Trinajstić information content (AvgIpc) is 2.68. The van der Waals surface area contributed by atoms with Crippen molar-refractivity contribution in [3.05, 3.63) is 29.3 Å². The zero-order chi connectivity index (χ0) is 21.2. The minimum Gasteiger partial charge on any atom is -0.494 e. The lowest BCUT2D eigenvalue weighted by atomic mass is 10.0. The van der Waals surface area contributed by atoms with E-state index in [1.54, 1.807) is 0 Å². The summed E-state index contributed by atoms with van der Waals surface area (Å²) in [6.07, 6.45) is 0. The summed E-state index contributed by atoms with van der Waals surface area (Å²) in [6.45, 7) is 18.4. The van der Waals surface area contributed by atoms with Crippen LogP contribution in [0.1, 0.15) is 38.8 Å². The fourth-order valence-corrected chi connectivity index (χ4v) is 3.73. The summed E-state index contributed by atoms with van der Waals surface area (Å²) in [5.74, 6) is 2.40. The van der Waals surface area contributed by atoms with Gasteiger partial charge in [0, 0.05) is 50.9 Å². The van der Waals surface area contributed by atoms with Gasteiger partial charge >= 0.3 is 0 Å². The first-order chi connectivity index (χ1) is 13.9. The monoisotopic (exact) mass is 403 g/mol. The van der Waals surface area contributed by atoms with E-state index in [2.05, 4.69) is 73.4 Å². The maximum atomic E-state index is 5.81. The van der Waals surface area contributed by atoms with Crippen molar-refractivity contribution in [3.63, 3.8) is 0 Å². The van der Waals surface area contributed by atoms with Gasteiger partial charge in [0.1, 0.15) is 5.75 Å². The first-order valence-electron chi connectivity index (χ1n) is 11.1. The van der Waals surface area contributed by atoms with Crippen LogP contribution in [0.2, 0.25) is 0 Å². The number of ether oxygens (including phenoxy) is 1. The summed E-state index contributed by atoms with van der Waals surface area (Å²) >= 11 is 0. The molecule has 0 saturated carbocycles. The smallest absolute Gasteiger partial charge is 0.191 e. The van der Waals surface area contributed by atoms with E-state index in [0.717, 1.165) is 56.5 Å². The molecule has 29 heavy (non-hydrogen) atoms. The van der Waals surface area contributed by atoms with Gasteiger partial charge in [0.25, 0.3) is 0 Å². The summed E-state index contributed by atoms with van der Waals surface area (Å²) in [7, 11) is 2.21. The summed E-state index contributed by atoms with van der Waals surface area (Å²) in [5, 5.41) is 6.98. The number of aliphatic imine (C=N–C) groups is 1. The Bertz CT molecular complexity index is 638. The Morgan fingerprint density at radius 1 is 1.14 bits per heavy atom. The second-order valence-corrected chi connectivity index (χ2v) is 8.27. The number of rotatable bonds is 9. The Labute approximate surface area is 177 Å². The van der Waals surface area contributed by atoms with Gasteiger partial charge in [-0.15, -0.1) is 0 Å². The number of guanidine groups is 1. The standard InChI is InChI=1S/C23H41N5O/c1-7-24-23(25-16-20-10-9-19(5)15-22(20)29-8-2)26-17-21(18(3)4)28-13-11-27(6)12-14-28/h9-10,15,18,21H,7-8,11-14,16-17H2,1-6H3,(H2,24,25,26). The molecule has 0 aromatic heterocycles. The quantitative estimate of drug-likeness (QED) is 0.490. The van der Waals surface area contributed by atoms with E-state index in [0.29, 0.717) is 25.1 Å². The van der Waals surface area contributed by atoms with Crippen LogP contribution in [0.4, 0.5) is 0 Å². The topological polar surface area (TPSA) is 52.1 Å². The highest BCUT2D eigenvalue weighted by atomic mass is 16.5. The number of nitrogens with one attached hydrogen (secondary N) is 2. The van der Waals surface area contributed by atoms with Crippen molar-refractivity contribution in [1.29, 1.82) is 0 Å². The van der Waals surface area contributed by atoms with Crippen LogP contribution in [-0.4, -0.2) is 74.7 Å². The van der Waals surface area contributed by atoms with Crippen LogP contribution in [0.15, 0.2) is 23.2 Å². The minimum absolute atomic E-state index is 0.505. The zero-order valence-electron chi connectivity index (χ0n) is 19.3. The van der Waals surface area contributed by atoms with E-state index in [4.69, 9.17) is 9.73 Å². The van der Waals surface area contributed by atoms with Gasteiger partial charge in [-0.25, -0.2) is 4.99 Å². The molecule has 1 aliphatic heterocycles. The van der Waals surface area contributed by atoms with E-state index in [9.17, 15) is 0 Å². The first-order valence-corrected chi connectivity index (χ1v) is 11.1. The van der Waals surface area contributed by atoms with Crippen LogP contribution in [0.3, 0.4) is 0 Å². The molecule has 1 unspecified atom stereocenters. The van der Waals surface area contributed by atoms with Crippen molar-refractivity contribution in [1.82, 2.24) is 20.4 Å². The van der Waals surface area contributed by atoms with Gasteiger partial charge in [-0.05, 0) is 45.4 Å². The molecule has 0 aliphatic carbocycles. The van der Waals surface area contributed by atoms with Crippen molar-refractivity contribution in [2.24, 2.45) is 10.9 Å². The molecule has 2 N–H and O–H groups in total. The van der Waals surface area contributed by atoms with Crippen molar-refractivity contribution >= 4 is 5.96 Å². The highest BCUT2D eigenvalue weighted by Gasteiger charge is 2.25. The number of piperazine rings is 1. The second kappa shape index (κ2) is 12.0. The van der Waals surface area contributed by atoms with Crippen molar-refractivity contribution in [2.45, 2.75) is 47.2 Å². The van der Waals surface area contributed by atoms with Crippen molar-refractivity contribution in [2.75, 3.05) is 52.9 Å². The largest absolute Gasteiger partial charge is 0.494 e. The fourth-order valence-electron chi connectivity index (χ4n) is 3.73. The molecule has 1 aromatic rings. The third-order valence-electron chi connectivity index (χ3n) is 5.53. The molecular formula is C23H41N5O. The van der Waals surface area contributed by atoms with E-state index < -0.39 is 0 Å². The van der Waals surface area contributed by atoms with E-state index in [1.165, 1.54) is 5.56 Å². The maximum Gasteiger partial charge on any atom is 0.191 e. The summed E-state index contributed by atoms with van der Waals surface area (Å²) < 4.78 is 5.81. The zero-order valence-corrected chi connectivity index (χ0v) is 19.3. The molecular weight excluding hydrogens is 362 g/mol. The van der Waals surface area contributed by atoms with Gasteiger partial charge in [0.15, 0.2) is 5.96 Å². The Morgan fingerprint density at radius 3 is 2.48 bits per heavy atom. The lowest BCUT2D eigenvalue weighted by Gasteiger charge is -2.40. The number of hydrogen-bond acceptors (Lipinski definition) is 4. The second-order valence-electron chi connectivity index (χ2n) is 8.27. The van der Waals surface area contributed by atoms with Crippen LogP contribution >= 0.6 is 0 Å². The molecule has 0 spiro atoms. The highest BCUT2D eigenvalue weighted by Crippen LogP contribution is 2.21. The molecule has 1 heterocycles. The average molecular weight is 404 g/mol. The molecule has 6 heteroatoms. The highest BCUT2D eigenvalue weighted by molar-refractivity contribution is 5.79. The van der Waals surface area contributed by atoms with Gasteiger partial charge in [0.2, 0.25) is 0 Å². The molecule has 0 radical (unpaired) electrons. The van der Waals surface area contributed by atoms with Crippen molar-refractivity contribution in [3.8, 4) is 5.75 Å². The summed E-state index contributed by atoms with van der Waals surface area (Å²) in [4.78, 5) is 9.86. The van der Waals surface area contributed by atoms with Crippen molar-refractivity contribution < 1.29 is 4.74 Å². The molecule has 1 saturated heterocycles.